The number of piperidine rings is 1. The summed E-state index contributed by atoms with van der Waals surface area (Å²) in [5.41, 5.74) is 1.39. The summed E-state index contributed by atoms with van der Waals surface area (Å²) in [6, 6.07) is 9.24. The largest absolute Gasteiger partial charge is 0.504 e. The van der Waals surface area contributed by atoms with Crippen LogP contribution in [0.2, 0.25) is 0 Å². The van der Waals surface area contributed by atoms with Crippen molar-refractivity contribution in [2.45, 2.75) is 74.1 Å². The molecule has 1 aromatic heterocycles. The van der Waals surface area contributed by atoms with Crippen molar-refractivity contribution < 1.29 is 19.7 Å². The monoisotopic (exact) mass is 475 g/mol. The van der Waals surface area contributed by atoms with E-state index >= 15 is 0 Å². The van der Waals surface area contributed by atoms with Gasteiger partial charge in [0.15, 0.2) is 11.5 Å². The van der Waals surface area contributed by atoms with Crippen LogP contribution in [0.25, 0.3) is 0 Å². The summed E-state index contributed by atoms with van der Waals surface area (Å²) in [4.78, 5) is 22.0. The smallest absolute Gasteiger partial charge is 0.228 e. The van der Waals surface area contributed by atoms with E-state index in [0.29, 0.717) is 18.6 Å². The predicted molar refractivity (Wildman–Crippen MR) is 129 cm³/mol. The molecule has 3 aliphatic carbocycles. The van der Waals surface area contributed by atoms with Crippen LogP contribution in [0.3, 0.4) is 0 Å². The second kappa shape index (κ2) is 7.43. The molecule has 5 aliphatic rings. The summed E-state index contributed by atoms with van der Waals surface area (Å²) >= 11 is 0. The molecule has 0 radical (unpaired) electrons. The summed E-state index contributed by atoms with van der Waals surface area (Å²) in [5.74, 6) is 1.41. The number of carbonyl (C=O) groups excluding carboxylic acids is 1. The summed E-state index contributed by atoms with van der Waals surface area (Å²) in [6.45, 7) is 1.97. The van der Waals surface area contributed by atoms with Crippen LogP contribution in [-0.2, 0) is 23.1 Å². The third-order valence-electron chi connectivity index (χ3n) is 9.68. The molecular formula is C28H33N3O4. The molecular weight excluding hydrogens is 442 g/mol. The zero-order chi connectivity index (χ0) is 23.9. The minimum Gasteiger partial charge on any atom is -0.504 e. The standard InChI is InChI=1S/C28H33N3O4/c1-30(23(33)15-19-4-2-3-12-29-19)20-9-10-28(34)22-14-18-7-8-21(32)25-24(18)27(28,26(20)35-25)11-13-31(22)16-17-5-6-17/h2-4,7-8,12,17,20,22,26,32,34H,5-6,9-11,13-16H2,1H3/t20-,22-,26-,27-,28+/m0/s1. The number of likely N-dealkylation sites (N-methyl/N-ethyl adjacent to an activating group) is 1. The molecule has 5 atom stereocenters. The maximum absolute atomic E-state index is 13.3. The number of carbonyl (C=O) groups is 1. The van der Waals surface area contributed by atoms with Gasteiger partial charge in [-0.15, -0.1) is 0 Å². The number of benzene rings is 1. The van der Waals surface area contributed by atoms with E-state index < -0.39 is 11.0 Å². The average molecular weight is 476 g/mol. The maximum atomic E-state index is 13.3. The molecule has 7 rings (SSSR count). The number of rotatable bonds is 5. The Balaban J connectivity index is 1.28. The van der Waals surface area contributed by atoms with Crippen molar-refractivity contribution in [3.63, 3.8) is 0 Å². The number of pyridine rings is 1. The van der Waals surface area contributed by atoms with Crippen molar-refractivity contribution in [3.8, 4) is 11.5 Å². The molecule has 35 heavy (non-hydrogen) atoms. The number of amides is 1. The van der Waals surface area contributed by atoms with Gasteiger partial charge < -0.3 is 19.8 Å². The van der Waals surface area contributed by atoms with E-state index in [-0.39, 0.29) is 36.3 Å². The molecule has 1 saturated heterocycles. The third-order valence-corrected chi connectivity index (χ3v) is 9.68. The first-order valence-electron chi connectivity index (χ1n) is 13.1. The highest BCUT2D eigenvalue weighted by Crippen LogP contribution is 2.66. The fourth-order valence-electron chi connectivity index (χ4n) is 7.82. The molecule has 0 unspecified atom stereocenters. The number of hydrogen-bond acceptors (Lipinski definition) is 6. The fraction of sp³-hybridized carbons (Fsp3) is 0.571. The molecule has 3 heterocycles. The van der Waals surface area contributed by atoms with Crippen LogP contribution in [0, 0.1) is 5.92 Å². The van der Waals surface area contributed by atoms with Gasteiger partial charge in [-0.1, -0.05) is 12.1 Å². The van der Waals surface area contributed by atoms with Gasteiger partial charge in [0, 0.05) is 37.1 Å². The van der Waals surface area contributed by atoms with Crippen LogP contribution in [0.1, 0.15) is 48.9 Å². The number of nitrogens with zero attached hydrogens (tertiary/aromatic N) is 3. The van der Waals surface area contributed by atoms with Crippen molar-refractivity contribution in [3.05, 3.63) is 53.3 Å². The number of ether oxygens (including phenoxy) is 1. The molecule has 2 aliphatic heterocycles. The lowest BCUT2D eigenvalue weighted by Crippen LogP contribution is -2.78. The van der Waals surface area contributed by atoms with Crippen LogP contribution in [0.15, 0.2) is 36.5 Å². The Hall–Kier alpha value is -2.64. The summed E-state index contributed by atoms with van der Waals surface area (Å²) in [6.07, 6.45) is 7.00. The zero-order valence-electron chi connectivity index (χ0n) is 20.2. The van der Waals surface area contributed by atoms with Crippen LogP contribution >= 0.6 is 0 Å². The summed E-state index contributed by atoms with van der Waals surface area (Å²) in [5, 5.41) is 23.4. The predicted octanol–water partition coefficient (Wildman–Crippen LogP) is 2.42. The molecule has 3 fully saturated rings. The molecule has 1 aromatic carbocycles. The summed E-state index contributed by atoms with van der Waals surface area (Å²) < 4.78 is 6.60. The molecule has 2 saturated carbocycles. The van der Waals surface area contributed by atoms with Crippen LogP contribution in [0.4, 0.5) is 0 Å². The lowest BCUT2D eigenvalue weighted by Gasteiger charge is -2.64. The third kappa shape index (κ3) is 2.91. The Bertz CT molecular complexity index is 1180. The van der Waals surface area contributed by atoms with Crippen LogP contribution < -0.4 is 4.74 Å². The van der Waals surface area contributed by atoms with Crippen molar-refractivity contribution >= 4 is 5.91 Å². The second-order valence-corrected chi connectivity index (χ2v) is 11.4. The highest BCUT2D eigenvalue weighted by atomic mass is 16.5. The highest BCUT2D eigenvalue weighted by Gasteiger charge is 2.73. The SMILES string of the molecule is CN(C(=O)Cc1ccccn1)[C@H]1CC[C@@]2(O)[C@@H]3Cc4ccc(O)c5c4[C@@]2(CCN3CC2CC2)[C@H]1O5. The topological polar surface area (TPSA) is 86.1 Å². The van der Waals surface area contributed by atoms with E-state index in [9.17, 15) is 15.0 Å². The van der Waals surface area contributed by atoms with Gasteiger partial charge in [0.1, 0.15) is 6.10 Å². The van der Waals surface area contributed by atoms with Gasteiger partial charge in [-0.3, -0.25) is 14.7 Å². The first kappa shape index (κ1) is 21.6. The second-order valence-electron chi connectivity index (χ2n) is 11.4. The molecule has 184 valence electrons. The molecule has 2 aromatic rings. The molecule has 2 bridgehead atoms. The molecule has 1 amide bonds. The molecule has 2 N–H and O–H groups in total. The Morgan fingerprint density at radius 3 is 2.86 bits per heavy atom. The van der Waals surface area contributed by atoms with Gasteiger partial charge in [0.05, 0.1) is 23.5 Å². The number of aromatic nitrogens is 1. The van der Waals surface area contributed by atoms with Crippen molar-refractivity contribution in [1.29, 1.82) is 0 Å². The number of aromatic hydroxyl groups is 1. The van der Waals surface area contributed by atoms with E-state index in [1.54, 1.807) is 12.3 Å². The van der Waals surface area contributed by atoms with Gasteiger partial charge in [-0.05, 0) is 74.8 Å². The van der Waals surface area contributed by atoms with E-state index in [1.807, 2.05) is 36.2 Å². The van der Waals surface area contributed by atoms with Crippen LogP contribution in [0.5, 0.6) is 11.5 Å². The molecule has 7 nitrogen and oxygen atoms in total. The van der Waals surface area contributed by atoms with E-state index in [2.05, 4.69) is 9.88 Å². The molecule has 1 spiro atoms. The van der Waals surface area contributed by atoms with Gasteiger partial charge in [0.25, 0.3) is 0 Å². The number of likely N-dealkylation sites (tertiary alicyclic amines) is 1. The zero-order valence-corrected chi connectivity index (χ0v) is 20.2. The van der Waals surface area contributed by atoms with E-state index in [4.69, 9.17) is 4.74 Å². The Morgan fingerprint density at radius 1 is 1.23 bits per heavy atom. The maximum Gasteiger partial charge on any atom is 0.228 e. The van der Waals surface area contributed by atoms with Gasteiger partial charge in [-0.2, -0.15) is 0 Å². The van der Waals surface area contributed by atoms with Gasteiger partial charge >= 0.3 is 0 Å². The Labute approximate surface area is 205 Å². The normalized spacial score (nSPS) is 34.7. The number of phenols is 1. The molecule has 7 heteroatoms. The van der Waals surface area contributed by atoms with E-state index in [0.717, 1.165) is 43.1 Å². The Kier molecular flexibility index (Phi) is 4.59. The highest BCUT2D eigenvalue weighted by molar-refractivity contribution is 5.78. The van der Waals surface area contributed by atoms with Crippen molar-refractivity contribution in [2.75, 3.05) is 20.1 Å². The number of phenolic OH excluding ortho intramolecular Hbond substituents is 1. The van der Waals surface area contributed by atoms with Gasteiger partial charge in [0.2, 0.25) is 5.91 Å². The van der Waals surface area contributed by atoms with Gasteiger partial charge in [-0.25, -0.2) is 0 Å². The van der Waals surface area contributed by atoms with Crippen molar-refractivity contribution in [1.82, 2.24) is 14.8 Å². The first-order valence-corrected chi connectivity index (χ1v) is 13.1. The van der Waals surface area contributed by atoms with Crippen molar-refractivity contribution in [2.24, 2.45) is 5.92 Å². The summed E-state index contributed by atoms with van der Waals surface area (Å²) in [7, 11) is 1.85. The Morgan fingerprint density at radius 2 is 2.09 bits per heavy atom. The lowest BCUT2D eigenvalue weighted by molar-refractivity contribution is -0.200. The quantitative estimate of drug-likeness (QED) is 0.691. The number of aliphatic hydroxyl groups is 1. The average Bonchev–Trinajstić information content (AvgIpc) is 3.60. The first-order chi connectivity index (χ1) is 16.9. The lowest BCUT2D eigenvalue weighted by atomic mass is 9.48. The number of hydrogen-bond donors (Lipinski definition) is 2. The minimum atomic E-state index is -0.932. The minimum absolute atomic E-state index is 0.00179. The fourth-order valence-corrected chi connectivity index (χ4v) is 7.82. The van der Waals surface area contributed by atoms with Crippen LogP contribution in [-0.4, -0.2) is 74.8 Å². The van der Waals surface area contributed by atoms with E-state index in [1.165, 1.54) is 18.4 Å².